The molecule has 0 fully saturated rings. The summed E-state index contributed by atoms with van der Waals surface area (Å²) in [5, 5.41) is 9.15. The van der Waals surface area contributed by atoms with E-state index >= 15 is 0 Å². The number of carbonyl (C=O) groups excluding carboxylic acids is 1. The molecule has 17 heavy (non-hydrogen) atoms. The van der Waals surface area contributed by atoms with Gasteiger partial charge in [-0.1, -0.05) is 6.07 Å². The number of hydrogen-bond donors (Lipinski definition) is 3. The highest BCUT2D eigenvalue weighted by Gasteiger charge is 2.05. The first-order valence-electron chi connectivity index (χ1n) is 5.19. The van der Waals surface area contributed by atoms with Crippen molar-refractivity contribution >= 4 is 11.7 Å². The molecule has 0 aliphatic heterocycles. The van der Waals surface area contributed by atoms with E-state index in [2.05, 4.69) is 20.5 Å². The van der Waals surface area contributed by atoms with Crippen LogP contribution in [0.25, 0.3) is 0 Å². The van der Waals surface area contributed by atoms with Crippen LogP contribution in [0.2, 0.25) is 0 Å². The number of anilines is 1. The summed E-state index contributed by atoms with van der Waals surface area (Å²) in [6.07, 6.45) is 5.25. The van der Waals surface area contributed by atoms with E-state index in [4.69, 9.17) is 5.73 Å². The first-order chi connectivity index (χ1) is 8.25. The number of nitrogens with two attached hydrogens (primary N) is 1. The standard InChI is InChI=1S/C11H13N5O/c12-11-9(7-15-16-11)6-14-10(17)4-8-2-1-3-13-5-8/h1-3,5,7H,4,6H2,(H,14,17)(H3,12,15,16). The van der Waals surface area contributed by atoms with Crippen molar-refractivity contribution < 1.29 is 4.79 Å². The van der Waals surface area contributed by atoms with Crippen LogP contribution in [0.1, 0.15) is 11.1 Å². The second kappa shape index (κ2) is 5.11. The van der Waals surface area contributed by atoms with Gasteiger partial charge in [0.15, 0.2) is 0 Å². The summed E-state index contributed by atoms with van der Waals surface area (Å²) in [6.45, 7) is 0.376. The van der Waals surface area contributed by atoms with Gasteiger partial charge < -0.3 is 11.1 Å². The van der Waals surface area contributed by atoms with E-state index in [1.165, 1.54) is 0 Å². The molecule has 4 N–H and O–H groups in total. The monoisotopic (exact) mass is 231 g/mol. The van der Waals surface area contributed by atoms with Crippen LogP contribution < -0.4 is 11.1 Å². The SMILES string of the molecule is Nc1[nH]ncc1CNC(=O)Cc1cccnc1. The van der Waals surface area contributed by atoms with Gasteiger partial charge in [0.25, 0.3) is 0 Å². The van der Waals surface area contributed by atoms with E-state index in [0.717, 1.165) is 11.1 Å². The van der Waals surface area contributed by atoms with Crippen LogP contribution in [0.3, 0.4) is 0 Å². The van der Waals surface area contributed by atoms with Crippen molar-refractivity contribution in [2.75, 3.05) is 5.73 Å². The topological polar surface area (TPSA) is 96.7 Å². The number of nitrogen functional groups attached to an aromatic ring is 1. The average molecular weight is 231 g/mol. The van der Waals surface area contributed by atoms with Gasteiger partial charge in [0.1, 0.15) is 5.82 Å². The van der Waals surface area contributed by atoms with E-state index in [-0.39, 0.29) is 5.91 Å². The number of amides is 1. The van der Waals surface area contributed by atoms with Crippen molar-refractivity contribution in [3.8, 4) is 0 Å². The number of aromatic amines is 1. The molecule has 0 saturated carbocycles. The second-order valence-corrected chi connectivity index (χ2v) is 3.62. The van der Waals surface area contributed by atoms with Crippen molar-refractivity contribution in [1.82, 2.24) is 20.5 Å². The molecule has 0 spiro atoms. The summed E-state index contributed by atoms with van der Waals surface area (Å²) in [5.74, 6) is 0.408. The highest BCUT2D eigenvalue weighted by atomic mass is 16.1. The first kappa shape index (κ1) is 11.1. The molecule has 2 rings (SSSR count). The Labute approximate surface area is 98.3 Å². The fourth-order valence-corrected chi connectivity index (χ4v) is 1.41. The van der Waals surface area contributed by atoms with E-state index < -0.39 is 0 Å². The zero-order chi connectivity index (χ0) is 12.1. The Kier molecular flexibility index (Phi) is 3.34. The Morgan fingerprint density at radius 2 is 2.35 bits per heavy atom. The summed E-state index contributed by atoms with van der Waals surface area (Å²) in [5.41, 5.74) is 7.26. The van der Waals surface area contributed by atoms with Gasteiger partial charge in [-0.25, -0.2) is 0 Å². The van der Waals surface area contributed by atoms with Crippen LogP contribution in [-0.2, 0) is 17.8 Å². The molecule has 88 valence electrons. The van der Waals surface area contributed by atoms with Gasteiger partial charge in [0, 0.05) is 24.5 Å². The molecule has 2 aromatic heterocycles. The van der Waals surface area contributed by atoms with Crippen molar-refractivity contribution in [1.29, 1.82) is 0 Å². The third-order valence-electron chi connectivity index (χ3n) is 2.31. The van der Waals surface area contributed by atoms with Gasteiger partial charge in [-0.05, 0) is 11.6 Å². The number of nitrogens with zero attached hydrogens (tertiary/aromatic N) is 2. The Balaban J connectivity index is 1.84. The maximum Gasteiger partial charge on any atom is 0.224 e. The van der Waals surface area contributed by atoms with Crippen LogP contribution in [0.5, 0.6) is 0 Å². The molecule has 0 saturated heterocycles. The maximum absolute atomic E-state index is 11.6. The number of pyridine rings is 1. The molecule has 0 aliphatic rings. The molecule has 2 aromatic rings. The number of rotatable bonds is 4. The number of hydrogen-bond acceptors (Lipinski definition) is 4. The quantitative estimate of drug-likeness (QED) is 0.702. The van der Waals surface area contributed by atoms with E-state index in [1.807, 2.05) is 6.07 Å². The molecule has 0 aliphatic carbocycles. The Hall–Kier alpha value is -2.37. The minimum absolute atomic E-state index is 0.0707. The summed E-state index contributed by atoms with van der Waals surface area (Å²) in [6, 6.07) is 3.66. The van der Waals surface area contributed by atoms with E-state index in [1.54, 1.807) is 24.7 Å². The molecule has 0 radical (unpaired) electrons. The van der Waals surface area contributed by atoms with Crippen molar-refractivity contribution in [3.63, 3.8) is 0 Å². The zero-order valence-electron chi connectivity index (χ0n) is 9.18. The van der Waals surface area contributed by atoms with Crippen LogP contribution in [0, 0.1) is 0 Å². The molecule has 0 aromatic carbocycles. The smallest absolute Gasteiger partial charge is 0.224 e. The minimum atomic E-state index is -0.0707. The molecule has 0 unspecified atom stereocenters. The van der Waals surface area contributed by atoms with E-state index in [9.17, 15) is 4.79 Å². The zero-order valence-corrected chi connectivity index (χ0v) is 9.18. The van der Waals surface area contributed by atoms with Crippen molar-refractivity contribution in [3.05, 3.63) is 41.9 Å². The van der Waals surface area contributed by atoms with Crippen molar-refractivity contribution in [2.45, 2.75) is 13.0 Å². The average Bonchev–Trinajstić information content (AvgIpc) is 2.74. The molecule has 0 bridgehead atoms. The first-order valence-corrected chi connectivity index (χ1v) is 5.19. The Bertz CT molecular complexity index is 494. The highest BCUT2D eigenvalue weighted by molar-refractivity contribution is 5.78. The molecule has 6 nitrogen and oxygen atoms in total. The van der Waals surface area contributed by atoms with Crippen molar-refractivity contribution in [2.24, 2.45) is 0 Å². The fraction of sp³-hybridized carbons (Fsp3) is 0.182. The van der Waals surface area contributed by atoms with Crippen LogP contribution in [0.4, 0.5) is 5.82 Å². The largest absolute Gasteiger partial charge is 0.384 e. The van der Waals surface area contributed by atoms with Crippen LogP contribution >= 0.6 is 0 Å². The number of H-pyrrole nitrogens is 1. The lowest BCUT2D eigenvalue weighted by molar-refractivity contribution is -0.120. The minimum Gasteiger partial charge on any atom is -0.384 e. The second-order valence-electron chi connectivity index (χ2n) is 3.62. The van der Waals surface area contributed by atoms with Gasteiger partial charge in [-0.3, -0.25) is 14.9 Å². The fourth-order valence-electron chi connectivity index (χ4n) is 1.41. The molecule has 0 atom stereocenters. The summed E-state index contributed by atoms with van der Waals surface area (Å²) in [7, 11) is 0. The number of nitrogens with one attached hydrogen (secondary N) is 2. The highest BCUT2D eigenvalue weighted by Crippen LogP contribution is 2.05. The Morgan fingerprint density at radius 3 is 3.00 bits per heavy atom. The summed E-state index contributed by atoms with van der Waals surface area (Å²) in [4.78, 5) is 15.6. The predicted molar refractivity (Wildman–Crippen MR) is 62.8 cm³/mol. The molecule has 2 heterocycles. The van der Waals surface area contributed by atoms with Gasteiger partial charge in [0.2, 0.25) is 5.91 Å². The molecule has 1 amide bonds. The van der Waals surface area contributed by atoms with Crippen LogP contribution in [0.15, 0.2) is 30.7 Å². The van der Waals surface area contributed by atoms with Crippen LogP contribution in [-0.4, -0.2) is 21.1 Å². The predicted octanol–water partition coefficient (Wildman–Crippen LogP) is 0.246. The summed E-state index contributed by atoms with van der Waals surface area (Å²) >= 11 is 0. The molecule has 6 heteroatoms. The lowest BCUT2D eigenvalue weighted by Gasteiger charge is -2.04. The van der Waals surface area contributed by atoms with Gasteiger partial charge in [0.05, 0.1) is 12.6 Å². The third kappa shape index (κ3) is 3.04. The number of carbonyl (C=O) groups is 1. The third-order valence-corrected chi connectivity index (χ3v) is 2.31. The number of aromatic nitrogens is 3. The molecular weight excluding hydrogens is 218 g/mol. The normalized spacial score (nSPS) is 10.1. The summed E-state index contributed by atoms with van der Waals surface area (Å²) < 4.78 is 0. The Morgan fingerprint density at radius 1 is 1.47 bits per heavy atom. The maximum atomic E-state index is 11.6. The lowest BCUT2D eigenvalue weighted by Crippen LogP contribution is -2.24. The molecular formula is C11H13N5O. The van der Waals surface area contributed by atoms with Gasteiger partial charge in [-0.2, -0.15) is 5.10 Å². The lowest BCUT2D eigenvalue weighted by atomic mass is 10.2. The van der Waals surface area contributed by atoms with E-state index in [0.29, 0.717) is 18.8 Å². The van der Waals surface area contributed by atoms with Gasteiger partial charge in [-0.15, -0.1) is 0 Å². The van der Waals surface area contributed by atoms with Gasteiger partial charge >= 0.3 is 0 Å².